The van der Waals surface area contributed by atoms with Crippen molar-refractivity contribution in [3.8, 4) is 0 Å². The molecule has 1 fully saturated rings. The average Bonchev–Trinajstić information content (AvgIpc) is 3.06. The summed E-state index contributed by atoms with van der Waals surface area (Å²) in [5.74, 6) is 0. The zero-order chi connectivity index (χ0) is 12.4. The smallest absolute Gasteiger partial charge is 0.384 e. The predicted octanol–water partition coefficient (Wildman–Crippen LogP) is 2.78. The number of alkyl halides is 3. The van der Waals surface area contributed by atoms with Gasteiger partial charge < -0.3 is 10.6 Å². The molecule has 0 amide bonds. The van der Waals surface area contributed by atoms with Gasteiger partial charge in [0.25, 0.3) is 0 Å². The highest BCUT2D eigenvalue weighted by Crippen LogP contribution is 2.48. The van der Waals surface area contributed by atoms with E-state index in [1.165, 1.54) is 0 Å². The fourth-order valence-electron chi connectivity index (χ4n) is 1.75. The van der Waals surface area contributed by atoms with E-state index in [1.54, 1.807) is 0 Å². The number of halogens is 3. The van der Waals surface area contributed by atoms with Gasteiger partial charge in [0.2, 0.25) is 0 Å². The zero-order valence-corrected chi connectivity index (χ0v) is 9.35. The van der Waals surface area contributed by atoms with Gasteiger partial charge in [0.1, 0.15) is 5.54 Å². The molecule has 0 unspecified atom stereocenters. The van der Waals surface area contributed by atoms with E-state index in [1.807, 2.05) is 30.3 Å². The summed E-state index contributed by atoms with van der Waals surface area (Å²) in [6.07, 6.45) is -3.73. The molecule has 5 heteroatoms. The molecule has 0 heterocycles. The summed E-state index contributed by atoms with van der Waals surface area (Å²) in [6.45, 7) is 0.802. The quantitative estimate of drug-likeness (QED) is 0.778. The summed E-state index contributed by atoms with van der Waals surface area (Å²) < 4.78 is 37.7. The SMILES string of the molecule is FC(F)(F)C1(NCCNc2ccccc2)CC1. The van der Waals surface area contributed by atoms with Crippen LogP contribution < -0.4 is 10.6 Å². The van der Waals surface area contributed by atoms with Gasteiger partial charge in [0.15, 0.2) is 0 Å². The van der Waals surface area contributed by atoms with Crippen LogP contribution in [0.1, 0.15) is 12.8 Å². The van der Waals surface area contributed by atoms with Crippen molar-refractivity contribution in [2.75, 3.05) is 18.4 Å². The first-order valence-corrected chi connectivity index (χ1v) is 5.64. The summed E-state index contributed by atoms with van der Waals surface area (Å²) in [6, 6.07) is 9.43. The Kier molecular flexibility index (Phi) is 3.28. The highest BCUT2D eigenvalue weighted by atomic mass is 19.4. The lowest BCUT2D eigenvalue weighted by Gasteiger charge is -2.20. The lowest BCUT2D eigenvalue weighted by atomic mass is 10.2. The topological polar surface area (TPSA) is 24.1 Å². The van der Waals surface area contributed by atoms with E-state index in [0.717, 1.165) is 5.69 Å². The standard InChI is InChI=1S/C12H15F3N2/c13-12(14,15)11(6-7-11)17-9-8-16-10-4-2-1-3-5-10/h1-5,16-17H,6-9H2. The number of nitrogens with one attached hydrogen (secondary N) is 2. The van der Waals surface area contributed by atoms with Crippen LogP contribution in [0.4, 0.5) is 18.9 Å². The molecule has 2 N–H and O–H groups in total. The molecule has 17 heavy (non-hydrogen) atoms. The van der Waals surface area contributed by atoms with Gasteiger partial charge in [-0.25, -0.2) is 0 Å². The van der Waals surface area contributed by atoms with Crippen LogP contribution in [0.15, 0.2) is 30.3 Å². The molecule has 1 saturated carbocycles. The fraction of sp³-hybridized carbons (Fsp3) is 0.500. The van der Waals surface area contributed by atoms with Crippen LogP contribution >= 0.6 is 0 Å². The van der Waals surface area contributed by atoms with Gasteiger partial charge in [-0.3, -0.25) is 0 Å². The maximum Gasteiger partial charge on any atom is 0.406 e. The first-order valence-electron chi connectivity index (χ1n) is 5.64. The van der Waals surface area contributed by atoms with Crippen molar-refractivity contribution in [2.45, 2.75) is 24.6 Å². The van der Waals surface area contributed by atoms with Gasteiger partial charge in [0, 0.05) is 18.8 Å². The third-order valence-electron chi connectivity index (χ3n) is 2.98. The minimum absolute atomic E-state index is 0.196. The first-order chi connectivity index (χ1) is 8.04. The van der Waals surface area contributed by atoms with Crippen molar-refractivity contribution in [3.63, 3.8) is 0 Å². The number of rotatable bonds is 5. The Morgan fingerprint density at radius 1 is 1.06 bits per heavy atom. The van der Waals surface area contributed by atoms with Crippen molar-refractivity contribution < 1.29 is 13.2 Å². The molecule has 1 aromatic rings. The van der Waals surface area contributed by atoms with Crippen LogP contribution in [0.2, 0.25) is 0 Å². The van der Waals surface area contributed by atoms with Crippen LogP contribution in [0.25, 0.3) is 0 Å². The summed E-state index contributed by atoms with van der Waals surface area (Å²) in [4.78, 5) is 0. The Hall–Kier alpha value is -1.23. The van der Waals surface area contributed by atoms with E-state index in [0.29, 0.717) is 13.1 Å². The second-order valence-electron chi connectivity index (χ2n) is 4.30. The lowest BCUT2D eigenvalue weighted by molar-refractivity contribution is -0.165. The highest BCUT2D eigenvalue weighted by molar-refractivity contribution is 5.42. The third kappa shape index (κ3) is 2.91. The first kappa shape index (κ1) is 12.2. The summed E-state index contributed by atoms with van der Waals surface area (Å²) in [5, 5.41) is 5.66. The van der Waals surface area contributed by atoms with E-state index in [2.05, 4.69) is 10.6 Å². The van der Waals surface area contributed by atoms with E-state index in [-0.39, 0.29) is 12.8 Å². The number of para-hydroxylation sites is 1. The van der Waals surface area contributed by atoms with Gasteiger partial charge in [-0.05, 0) is 25.0 Å². The molecular weight excluding hydrogens is 229 g/mol. The zero-order valence-electron chi connectivity index (χ0n) is 9.35. The number of benzene rings is 1. The van der Waals surface area contributed by atoms with E-state index >= 15 is 0 Å². The van der Waals surface area contributed by atoms with Crippen molar-refractivity contribution in [1.82, 2.24) is 5.32 Å². The average molecular weight is 244 g/mol. The number of anilines is 1. The minimum Gasteiger partial charge on any atom is -0.384 e. The maximum atomic E-state index is 12.6. The second-order valence-corrected chi connectivity index (χ2v) is 4.30. The predicted molar refractivity (Wildman–Crippen MR) is 61.0 cm³/mol. The van der Waals surface area contributed by atoms with Gasteiger partial charge >= 0.3 is 6.18 Å². The Balaban J connectivity index is 1.71. The van der Waals surface area contributed by atoms with Gasteiger partial charge in [-0.2, -0.15) is 13.2 Å². The van der Waals surface area contributed by atoms with Crippen molar-refractivity contribution in [3.05, 3.63) is 30.3 Å². The normalized spacial score (nSPS) is 17.8. The van der Waals surface area contributed by atoms with Gasteiger partial charge in [0.05, 0.1) is 0 Å². The highest BCUT2D eigenvalue weighted by Gasteiger charge is 2.62. The minimum atomic E-state index is -4.13. The maximum absolute atomic E-state index is 12.6. The molecule has 0 aliphatic heterocycles. The largest absolute Gasteiger partial charge is 0.406 e. The molecular formula is C12H15F3N2. The van der Waals surface area contributed by atoms with Crippen LogP contribution in [-0.2, 0) is 0 Å². The van der Waals surface area contributed by atoms with Crippen LogP contribution in [0.3, 0.4) is 0 Å². The van der Waals surface area contributed by atoms with E-state index in [4.69, 9.17) is 0 Å². The molecule has 0 aromatic heterocycles. The van der Waals surface area contributed by atoms with Gasteiger partial charge in [-0.15, -0.1) is 0 Å². The summed E-state index contributed by atoms with van der Waals surface area (Å²) in [7, 11) is 0. The second kappa shape index (κ2) is 4.56. The molecule has 0 saturated heterocycles. The lowest BCUT2D eigenvalue weighted by Crippen LogP contribution is -2.46. The molecule has 0 atom stereocenters. The molecule has 0 radical (unpaired) electrons. The monoisotopic (exact) mass is 244 g/mol. The van der Waals surface area contributed by atoms with E-state index < -0.39 is 11.7 Å². The molecule has 2 rings (SSSR count). The molecule has 1 aromatic carbocycles. The van der Waals surface area contributed by atoms with Crippen LogP contribution in [-0.4, -0.2) is 24.8 Å². The Bertz CT molecular complexity index is 358. The fourth-order valence-corrected chi connectivity index (χ4v) is 1.75. The van der Waals surface area contributed by atoms with Crippen molar-refractivity contribution in [1.29, 1.82) is 0 Å². The number of hydrogen-bond donors (Lipinski definition) is 2. The van der Waals surface area contributed by atoms with Gasteiger partial charge in [-0.1, -0.05) is 18.2 Å². The molecule has 1 aliphatic carbocycles. The number of hydrogen-bond acceptors (Lipinski definition) is 2. The summed E-state index contributed by atoms with van der Waals surface area (Å²) in [5.41, 5.74) is -0.683. The third-order valence-corrected chi connectivity index (χ3v) is 2.98. The van der Waals surface area contributed by atoms with Crippen LogP contribution in [0, 0.1) is 0 Å². The molecule has 0 spiro atoms. The Morgan fingerprint density at radius 3 is 2.24 bits per heavy atom. The van der Waals surface area contributed by atoms with E-state index in [9.17, 15) is 13.2 Å². The molecule has 94 valence electrons. The molecule has 2 nitrogen and oxygen atoms in total. The molecule has 0 bridgehead atoms. The Morgan fingerprint density at radius 2 is 1.71 bits per heavy atom. The van der Waals surface area contributed by atoms with Crippen molar-refractivity contribution in [2.24, 2.45) is 0 Å². The van der Waals surface area contributed by atoms with Crippen LogP contribution in [0.5, 0.6) is 0 Å². The summed E-state index contributed by atoms with van der Waals surface area (Å²) >= 11 is 0. The van der Waals surface area contributed by atoms with Crippen molar-refractivity contribution >= 4 is 5.69 Å². The molecule has 1 aliphatic rings. The Labute approximate surface area is 98.2 Å².